The lowest BCUT2D eigenvalue weighted by Crippen LogP contribution is -2.35. The molecular formula is C19H21N3. The van der Waals surface area contributed by atoms with E-state index in [1.165, 1.54) is 5.57 Å². The van der Waals surface area contributed by atoms with Gasteiger partial charge in [-0.25, -0.2) is 4.99 Å². The number of nitrogens with zero attached hydrogens (tertiary/aromatic N) is 3. The number of hydrogen-bond donors (Lipinski definition) is 0. The van der Waals surface area contributed by atoms with Crippen molar-refractivity contribution in [3.05, 3.63) is 84.3 Å². The van der Waals surface area contributed by atoms with Gasteiger partial charge in [-0.05, 0) is 17.7 Å². The van der Waals surface area contributed by atoms with Crippen LogP contribution < -0.4 is 0 Å². The highest BCUT2D eigenvalue weighted by molar-refractivity contribution is 6.02. The summed E-state index contributed by atoms with van der Waals surface area (Å²) in [5.74, 6) is 0.946. The van der Waals surface area contributed by atoms with E-state index in [2.05, 4.69) is 73.1 Å². The molecule has 1 aliphatic carbocycles. The summed E-state index contributed by atoms with van der Waals surface area (Å²) < 4.78 is 0. The molecule has 0 radical (unpaired) electrons. The number of rotatable bonds is 1. The summed E-state index contributed by atoms with van der Waals surface area (Å²) in [6.07, 6.45) is 21.0. The van der Waals surface area contributed by atoms with Gasteiger partial charge in [0, 0.05) is 32.4 Å². The van der Waals surface area contributed by atoms with E-state index in [0.29, 0.717) is 6.04 Å². The third kappa shape index (κ3) is 2.89. The molecule has 3 aliphatic rings. The Hall–Kier alpha value is -2.55. The molecule has 0 spiro atoms. The fraction of sp³-hybridized carbons (Fsp3) is 0.211. The molecule has 112 valence electrons. The normalized spacial score (nSPS) is 27.1. The molecule has 3 heteroatoms. The second-order valence-electron chi connectivity index (χ2n) is 5.68. The second kappa shape index (κ2) is 6.06. The Kier molecular flexibility index (Phi) is 3.96. The summed E-state index contributed by atoms with van der Waals surface area (Å²) in [7, 11) is 4.16. The third-order valence-electron chi connectivity index (χ3n) is 3.92. The maximum atomic E-state index is 4.71. The van der Waals surface area contributed by atoms with Gasteiger partial charge in [-0.15, -0.1) is 0 Å². The van der Waals surface area contributed by atoms with Crippen molar-refractivity contribution in [1.29, 1.82) is 0 Å². The van der Waals surface area contributed by atoms with Crippen LogP contribution >= 0.6 is 0 Å². The Bertz CT molecular complexity index is 683. The molecule has 2 heterocycles. The van der Waals surface area contributed by atoms with Gasteiger partial charge in [0.1, 0.15) is 5.84 Å². The molecule has 0 saturated heterocycles. The molecule has 3 rings (SSSR count). The van der Waals surface area contributed by atoms with E-state index < -0.39 is 0 Å². The minimum atomic E-state index is 0.319. The molecule has 3 nitrogen and oxygen atoms in total. The van der Waals surface area contributed by atoms with Crippen molar-refractivity contribution in [3.63, 3.8) is 0 Å². The van der Waals surface area contributed by atoms with Gasteiger partial charge in [0.05, 0.1) is 11.7 Å². The molecule has 2 aliphatic heterocycles. The van der Waals surface area contributed by atoms with Crippen LogP contribution in [0.15, 0.2) is 89.3 Å². The van der Waals surface area contributed by atoms with E-state index in [9.17, 15) is 0 Å². The number of allylic oxidation sites excluding steroid dienone is 5. The third-order valence-corrected chi connectivity index (χ3v) is 3.92. The molecular weight excluding hydrogens is 270 g/mol. The maximum absolute atomic E-state index is 4.71. The molecule has 0 aromatic rings. The molecule has 22 heavy (non-hydrogen) atoms. The minimum absolute atomic E-state index is 0.319. The van der Waals surface area contributed by atoms with Gasteiger partial charge in [-0.3, -0.25) is 0 Å². The summed E-state index contributed by atoms with van der Waals surface area (Å²) >= 11 is 0. The van der Waals surface area contributed by atoms with E-state index in [-0.39, 0.29) is 0 Å². The molecule has 0 saturated carbocycles. The van der Waals surface area contributed by atoms with Crippen LogP contribution in [0.3, 0.4) is 0 Å². The van der Waals surface area contributed by atoms with E-state index in [0.717, 1.165) is 23.7 Å². The molecule has 0 fully saturated rings. The topological polar surface area (TPSA) is 18.8 Å². The van der Waals surface area contributed by atoms with Crippen molar-refractivity contribution < 1.29 is 0 Å². The van der Waals surface area contributed by atoms with Crippen molar-refractivity contribution in [2.45, 2.75) is 6.04 Å². The van der Waals surface area contributed by atoms with Gasteiger partial charge in [0.2, 0.25) is 0 Å². The maximum Gasteiger partial charge on any atom is 0.138 e. The van der Waals surface area contributed by atoms with Crippen LogP contribution in [0.4, 0.5) is 0 Å². The van der Waals surface area contributed by atoms with Crippen molar-refractivity contribution in [3.8, 4) is 0 Å². The van der Waals surface area contributed by atoms with Crippen molar-refractivity contribution in [1.82, 2.24) is 9.80 Å². The number of likely N-dealkylation sites (N-methyl/N-ethyl adjacent to an activating group) is 2. The first-order valence-corrected chi connectivity index (χ1v) is 7.48. The summed E-state index contributed by atoms with van der Waals surface area (Å²) in [5.41, 5.74) is 3.16. The Morgan fingerprint density at radius 1 is 1.14 bits per heavy atom. The van der Waals surface area contributed by atoms with Crippen LogP contribution in [0.5, 0.6) is 0 Å². The van der Waals surface area contributed by atoms with Crippen LogP contribution in [0.25, 0.3) is 0 Å². The van der Waals surface area contributed by atoms with E-state index >= 15 is 0 Å². The number of fused-ring (bicyclic) bond motifs is 1. The van der Waals surface area contributed by atoms with Gasteiger partial charge in [0.15, 0.2) is 0 Å². The number of aliphatic imine (C=N–C) groups is 1. The monoisotopic (exact) mass is 291 g/mol. The van der Waals surface area contributed by atoms with Crippen LogP contribution in [0, 0.1) is 0 Å². The molecule has 0 amide bonds. The van der Waals surface area contributed by atoms with Gasteiger partial charge in [-0.2, -0.15) is 0 Å². The van der Waals surface area contributed by atoms with Gasteiger partial charge < -0.3 is 9.80 Å². The smallest absolute Gasteiger partial charge is 0.138 e. The Morgan fingerprint density at radius 2 is 1.95 bits per heavy atom. The first-order chi connectivity index (χ1) is 10.6. The predicted octanol–water partition coefficient (Wildman–Crippen LogP) is 3.21. The van der Waals surface area contributed by atoms with Crippen LogP contribution in [0.1, 0.15) is 0 Å². The summed E-state index contributed by atoms with van der Waals surface area (Å²) in [6.45, 7) is 4.84. The number of hydrogen-bond acceptors (Lipinski definition) is 3. The fourth-order valence-corrected chi connectivity index (χ4v) is 2.78. The second-order valence-corrected chi connectivity index (χ2v) is 5.68. The van der Waals surface area contributed by atoms with Gasteiger partial charge in [0.25, 0.3) is 0 Å². The van der Waals surface area contributed by atoms with Crippen LogP contribution in [0.2, 0.25) is 0 Å². The lowest BCUT2D eigenvalue weighted by Gasteiger charge is -2.33. The molecule has 1 atom stereocenters. The number of amidine groups is 1. The summed E-state index contributed by atoms with van der Waals surface area (Å²) in [6, 6.07) is 0.319. The average molecular weight is 291 g/mol. The summed E-state index contributed by atoms with van der Waals surface area (Å²) in [4.78, 5) is 9.08. The van der Waals surface area contributed by atoms with Crippen molar-refractivity contribution in [2.75, 3.05) is 20.6 Å². The Balaban J connectivity index is 1.99. The van der Waals surface area contributed by atoms with Gasteiger partial charge in [-0.1, -0.05) is 49.1 Å². The molecule has 0 bridgehead atoms. The first kappa shape index (κ1) is 14.4. The predicted molar refractivity (Wildman–Crippen MR) is 93.5 cm³/mol. The summed E-state index contributed by atoms with van der Waals surface area (Å²) in [5, 5.41) is 0. The SMILES string of the molecule is C=C1/C=C\C=C/CN(C)C(C2=CN(C)C3C=CC=CC3=C2)=N1. The zero-order chi connectivity index (χ0) is 15.5. The lowest BCUT2D eigenvalue weighted by atomic mass is 9.95. The minimum Gasteiger partial charge on any atom is -0.369 e. The highest BCUT2D eigenvalue weighted by Crippen LogP contribution is 2.25. The first-order valence-electron chi connectivity index (χ1n) is 7.48. The Labute approximate surface area is 132 Å². The van der Waals surface area contributed by atoms with E-state index in [1.807, 2.05) is 18.2 Å². The van der Waals surface area contributed by atoms with Crippen LogP contribution in [-0.2, 0) is 0 Å². The van der Waals surface area contributed by atoms with Crippen molar-refractivity contribution >= 4 is 5.84 Å². The quantitative estimate of drug-likeness (QED) is 0.739. The Morgan fingerprint density at radius 3 is 2.82 bits per heavy atom. The zero-order valence-electron chi connectivity index (χ0n) is 13.1. The van der Waals surface area contributed by atoms with Gasteiger partial charge >= 0.3 is 0 Å². The highest BCUT2D eigenvalue weighted by atomic mass is 15.2. The van der Waals surface area contributed by atoms with Crippen LogP contribution in [-0.4, -0.2) is 42.3 Å². The molecule has 1 unspecified atom stereocenters. The average Bonchev–Trinajstić information content (AvgIpc) is 2.59. The lowest BCUT2D eigenvalue weighted by molar-refractivity contribution is 0.418. The highest BCUT2D eigenvalue weighted by Gasteiger charge is 2.22. The standard InChI is InChI=1S/C19H21N3/c1-15-9-5-4-8-12-21(2)19(20-15)17-13-16-10-6-7-11-18(16)22(3)14-17/h4-11,13-14,18H,1,12H2,2-3H3/b8-4-,9-5-,20-19?. The fourth-order valence-electron chi connectivity index (χ4n) is 2.78. The molecule has 0 aromatic heterocycles. The zero-order valence-corrected chi connectivity index (χ0v) is 13.1. The molecule has 0 aromatic carbocycles. The van der Waals surface area contributed by atoms with Crippen molar-refractivity contribution in [2.24, 2.45) is 4.99 Å². The molecule has 0 N–H and O–H groups in total. The van der Waals surface area contributed by atoms with E-state index in [4.69, 9.17) is 4.99 Å². The van der Waals surface area contributed by atoms with E-state index in [1.54, 1.807) is 0 Å². The largest absolute Gasteiger partial charge is 0.369 e.